The normalized spacial score (nSPS) is 13.0. The zero-order valence-corrected chi connectivity index (χ0v) is 14.3. The number of primary amides is 1. The molecule has 0 saturated heterocycles. The molecule has 1 aliphatic carbocycles. The lowest BCUT2D eigenvalue weighted by atomic mass is 9.98. The standard InChI is InChI=1S/C20H21NO4/c1-20(2,25-19(21)23)11-18(22)24-12-17-15-9-5-3-7-13(15)14-8-4-6-10-16(14)17/h3-10,17H,11-12H2,1-2H3,(H2,21,23). The largest absolute Gasteiger partial charge is 0.465 e. The van der Waals surface area contributed by atoms with Gasteiger partial charge in [-0.15, -0.1) is 0 Å². The van der Waals surface area contributed by atoms with Gasteiger partial charge in [0.25, 0.3) is 0 Å². The number of fused-ring (bicyclic) bond motifs is 3. The number of nitrogens with two attached hydrogens (primary N) is 1. The Balaban J connectivity index is 1.71. The number of benzene rings is 2. The molecule has 2 aromatic rings. The first kappa shape index (κ1) is 17.0. The number of amides is 1. The number of rotatable bonds is 5. The molecule has 1 amide bonds. The second-order valence-electron chi connectivity index (χ2n) is 6.77. The Morgan fingerprint density at radius 1 is 1.00 bits per heavy atom. The third-order valence-corrected chi connectivity index (χ3v) is 4.32. The molecule has 0 bridgehead atoms. The van der Waals surface area contributed by atoms with E-state index in [0.717, 1.165) is 11.1 Å². The van der Waals surface area contributed by atoms with Crippen LogP contribution >= 0.6 is 0 Å². The van der Waals surface area contributed by atoms with Crippen LogP contribution in [0.4, 0.5) is 4.79 Å². The molecule has 0 fully saturated rings. The van der Waals surface area contributed by atoms with E-state index >= 15 is 0 Å². The fourth-order valence-corrected chi connectivity index (χ4v) is 3.32. The first-order valence-electron chi connectivity index (χ1n) is 8.20. The van der Waals surface area contributed by atoms with E-state index in [9.17, 15) is 9.59 Å². The average molecular weight is 339 g/mol. The predicted molar refractivity (Wildman–Crippen MR) is 94.0 cm³/mol. The van der Waals surface area contributed by atoms with Crippen molar-refractivity contribution in [2.24, 2.45) is 5.73 Å². The minimum absolute atomic E-state index is 0.0107. The molecule has 25 heavy (non-hydrogen) atoms. The Labute approximate surface area is 146 Å². The highest BCUT2D eigenvalue weighted by atomic mass is 16.6. The summed E-state index contributed by atoms with van der Waals surface area (Å²) in [6.45, 7) is 3.50. The van der Waals surface area contributed by atoms with Crippen LogP contribution in [0, 0.1) is 0 Å². The van der Waals surface area contributed by atoms with Crippen molar-refractivity contribution in [3.63, 3.8) is 0 Å². The maximum absolute atomic E-state index is 12.2. The van der Waals surface area contributed by atoms with E-state index in [4.69, 9.17) is 15.2 Å². The highest BCUT2D eigenvalue weighted by molar-refractivity contribution is 5.79. The van der Waals surface area contributed by atoms with E-state index < -0.39 is 17.7 Å². The number of hydrogen-bond donors (Lipinski definition) is 1. The van der Waals surface area contributed by atoms with Gasteiger partial charge >= 0.3 is 12.1 Å². The van der Waals surface area contributed by atoms with Gasteiger partial charge in [0.05, 0.1) is 6.42 Å². The molecule has 0 saturated carbocycles. The average Bonchev–Trinajstić information content (AvgIpc) is 2.85. The summed E-state index contributed by atoms with van der Waals surface area (Å²) in [6.07, 6.45) is -0.956. The third-order valence-electron chi connectivity index (χ3n) is 4.32. The highest BCUT2D eigenvalue weighted by Gasteiger charge is 2.31. The molecule has 0 aliphatic heterocycles. The molecule has 5 nitrogen and oxygen atoms in total. The van der Waals surface area contributed by atoms with Crippen LogP contribution in [0.3, 0.4) is 0 Å². The van der Waals surface area contributed by atoms with Crippen LogP contribution in [0.15, 0.2) is 48.5 Å². The summed E-state index contributed by atoms with van der Waals surface area (Å²) in [5, 5.41) is 0. The van der Waals surface area contributed by atoms with Crippen LogP contribution in [0.5, 0.6) is 0 Å². The first-order valence-corrected chi connectivity index (χ1v) is 8.20. The predicted octanol–water partition coefficient (Wildman–Crippen LogP) is 3.61. The van der Waals surface area contributed by atoms with E-state index in [1.807, 2.05) is 24.3 Å². The lowest BCUT2D eigenvalue weighted by Crippen LogP contribution is -2.34. The van der Waals surface area contributed by atoms with Crippen LogP contribution in [0.25, 0.3) is 11.1 Å². The number of ether oxygens (including phenoxy) is 2. The molecule has 0 spiro atoms. The zero-order valence-electron chi connectivity index (χ0n) is 14.3. The van der Waals surface area contributed by atoms with Crippen LogP contribution in [-0.4, -0.2) is 24.3 Å². The van der Waals surface area contributed by atoms with E-state index in [-0.39, 0.29) is 18.9 Å². The summed E-state index contributed by atoms with van der Waals surface area (Å²) in [6, 6.07) is 16.3. The van der Waals surface area contributed by atoms with Crippen molar-refractivity contribution in [3.05, 3.63) is 59.7 Å². The summed E-state index contributed by atoms with van der Waals surface area (Å²) in [5.41, 5.74) is 8.70. The van der Waals surface area contributed by atoms with Crippen LogP contribution in [-0.2, 0) is 14.3 Å². The molecule has 1 aliphatic rings. The summed E-state index contributed by atoms with van der Waals surface area (Å²) < 4.78 is 10.4. The van der Waals surface area contributed by atoms with Crippen LogP contribution in [0.2, 0.25) is 0 Å². The molecular weight excluding hydrogens is 318 g/mol. The van der Waals surface area contributed by atoms with Crippen molar-refractivity contribution in [3.8, 4) is 11.1 Å². The second-order valence-corrected chi connectivity index (χ2v) is 6.77. The van der Waals surface area contributed by atoms with Gasteiger partial charge in [0.2, 0.25) is 0 Å². The SMILES string of the molecule is CC(C)(CC(=O)OCC1c2ccccc2-c2ccccc21)OC(N)=O. The number of esters is 1. The Morgan fingerprint density at radius 3 is 2.04 bits per heavy atom. The van der Waals surface area contributed by atoms with Crippen molar-refractivity contribution >= 4 is 12.1 Å². The summed E-state index contributed by atoms with van der Waals surface area (Å²) in [7, 11) is 0. The Bertz CT molecular complexity index is 767. The van der Waals surface area contributed by atoms with Crippen molar-refractivity contribution in [2.75, 3.05) is 6.61 Å². The smallest absolute Gasteiger partial charge is 0.405 e. The Morgan fingerprint density at radius 2 is 1.52 bits per heavy atom. The van der Waals surface area contributed by atoms with E-state index in [2.05, 4.69) is 24.3 Å². The summed E-state index contributed by atoms with van der Waals surface area (Å²) in [4.78, 5) is 23.1. The molecule has 0 unspecified atom stereocenters. The molecular formula is C20H21NO4. The topological polar surface area (TPSA) is 78.6 Å². The van der Waals surface area contributed by atoms with Gasteiger partial charge in [-0.05, 0) is 36.1 Å². The fraction of sp³-hybridized carbons (Fsp3) is 0.300. The van der Waals surface area contributed by atoms with Crippen molar-refractivity contribution < 1.29 is 19.1 Å². The molecule has 130 valence electrons. The lowest BCUT2D eigenvalue weighted by molar-refractivity contribution is -0.148. The van der Waals surface area contributed by atoms with Crippen LogP contribution < -0.4 is 5.73 Å². The molecule has 2 aromatic carbocycles. The zero-order chi connectivity index (χ0) is 18.0. The van der Waals surface area contributed by atoms with Gasteiger partial charge in [-0.25, -0.2) is 4.79 Å². The summed E-state index contributed by atoms with van der Waals surface area (Å²) in [5.74, 6) is -0.412. The number of carbonyl (C=O) groups excluding carboxylic acids is 2. The monoisotopic (exact) mass is 339 g/mol. The van der Waals surface area contributed by atoms with Gasteiger partial charge in [-0.3, -0.25) is 4.79 Å². The van der Waals surface area contributed by atoms with Gasteiger partial charge < -0.3 is 15.2 Å². The molecule has 0 radical (unpaired) electrons. The molecule has 2 N–H and O–H groups in total. The number of carbonyl (C=O) groups is 2. The minimum Gasteiger partial charge on any atom is -0.465 e. The first-order chi connectivity index (χ1) is 11.9. The quantitative estimate of drug-likeness (QED) is 0.844. The minimum atomic E-state index is -0.992. The molecule has 0 atom stereocenters. The third kappa shape index (κ3) is 3.65. The molecule has 3 rings (SSSR count). The van der Waals surface area contributed by atoms with Gasteiger partial charge in [0, 0.05) is 5.92 Å². The molecule has 0 aromatic heterocycles. The second kappa shape index (κ2) is 6.59. The van der Waals surface area contributed by atoms with Crippen LogP contribution in [0.1, 0.15) is 37.3 Å². The fourth-order valence-electron chi connectivity index (χ4n) is 3.32. The van der Waals surface area contributed by atoms with Crippen molar-refractivity contribution in [1.82, 2.24) is 0 Å². The molecule has 0 heterocycles. The molecule has 5 heteroatoms. The van der Waals surface area contributed by atoms with E-state index in [1.54, 1.807) is 13.8 Å². The highest BCUT2D eigenvalue weighted by Crippen LogP contribution is 2.44. The summed E-state index contributed by atoms with van der Waals surface area (Å²) >= 11 is 0. The van der Waals surface area contributed by atoms with Crippen molar-refractivity contribution in [2.45, 2.75) is 31.8 Å². The van der Waals surface area contributed by atoms with Gasteiger partial charge in [0.15, 0.2) is 0 Å². The maximum Gasteiger partial charge on any atom is 0.405 e. The maximum atomic E-state index is 12.2. The van der Waals surface area contributed by atoms with E-state index in [0.29, 0.717) is 0 Å². The van der Waals surface area contributed by atoms with Crippen molar-refractivity contribution in [1.29, 1.82) is 0 Å². The van der Waals surface area contributed by atoms with Gasteiger partial charge in [-0.2, -0.15) is 0 Å². The Hall–Kier alpha value is -2.82. The van der Waals surface area contributed by atoms with E-state index in [1.165, 1.54) is 11.1 Å². The van der Waals surface area contributed by atoms with Gasteiger partial charge in [-0.1, -0.05) is 48.5 Å². The Kier molecular flexibility index (Phi) is 4.49. The lowest BCUT2D eigenvalue weighted by Gasteiger charge is -2.23. The number of hydrogen-bond acceptors (Lipinski definition) is 4. The van der Waals surface area contributed by atoms with Gasteiger partial charge in [0.1, 0.15) is 12.2 Å².